The van der Waals surface area contributed by atoms with Gasteiger partial charge in [0.15, 0.2) is 0 Å². The molecule has 1 heterocycles. The van der Waals surface area contributed by atoms with Gasteiger partial charge in [-0.15, -0.1) is 0 Å². The molecule has 1 aromatic heterocycles. The number of nitrogens with zero attached hydrogens (tertiary/aromatic N) is 1. The Morgan fingerprint density at radius 1 is 1.04 bits per heavy atom. The number of aryl methyl sites for hydroxylation is 1. The molecule has 0 saturated carbocycles. The molecule has 4 rings (SSSR count). The molecule has 4 heteroatoms. The molecule has 0 spiro atoms. The molecule has 25 heavy (non-hydrogen) atoms. The first-order valence-electron chi connectivity index (χ1n) is 8.75. The van der Waals surface area contributed by atoms with Gasteiger partial charge in [0.1, 0.15) is 5.82 Å². The van der Waals surface area contributed by atoms with Crippen molar-refractivity contribution >= 4 is 16.9 Å². The van der Waals surface area contributed by atoms with Crippen LogP contribution >= 0.6 is 0 Å². The number of carboxylic acid groups (broad SMARTS) is 1. The van der Waals surface area contributed by atoms with Gasteiger partial charge in [0.25, 0.3) is 0 Å². The Balaban J connectivity index is 1.89. The van der Waals surface area contributed by atoms with Crippen molar-refractivity contribution in [2.75, 3.05) is 0 Å². The highest BCUT2D eigenvalue weighted by Crippen LogP contribution is 2.33. The first kappa shape index (κ1) is 15.9. The van der Waals surface area contributed by atoms with Crippen LogP contribution in [-0.2, 0) is 19.4 Å². The maximum atomic E-state index is 13.2. The first-order chi connectivity index (χ1) is 12.1. The summed E-state index contributed by atoms with van der Waals surface area (Å²) in [5.74, 6) is -1.15. The molecule has 1 aliphatic rings. The van der Waals surface area contributed by atoms with E-state index in [1.807, 2.05) is 6.07 Å². The molecule has 128 valence electrons. The fourth-order valence-electron chi connectivity index (χ4n) is 3.90. The molecule has 0 fully saturated rings. The highest BCUT2D eigenvalue weighted by atomic mass is 19.1. The predicted molar refractivity (Wildman–Crippen MR) is 95.7 cm³/mol. The van der Waals surface area contributed by atoms with Crippen molar-refractivity contribution in [3.63, 3.8) is 0 Å². The summed E-state index contributed by atoms with van der Waals surface area (Å²) in [5, 5.41) is 10.5. The molecule has 0 atom stereocenters. The molecule has 0 aliphatic heterocycles. The van der Waals surface area contributed by atoms with Crippen molar-refractivity contribution in [2.45, 2.75) is 38.6 Å². The van der Waals surface area contributed by atoms with Crippen LogP contribution < -0.4 is 0 Å². The van der Waals surface area contributed by atoms with Gasteiger partial charge in [-0.2, -0.15) is 0 Å². The van der Waals surface area contributed by atoms with Gasteiger partial charge in [-0.25, -0.2) is 9.18 Å². The molecular formula is C21H20FNO2. The van der Waals surface area contributed by atoms with Gasteiger partial charge in [0.2, 0.25) is 0 Å². The summed E-state index contributed by atoms with van der Waals surface area (Å²) in [4.78, 5) is 11.4. The van der Waals surface area contributed by atoms with E-state index in [0.717, 1.165) is 35.7 Å². The largest absolute Gasteiger partial charge is 0.478 e. The van der Waals surface area contributed by atoms with Crippen LogP contribution in [0.15, 0.2) is 42.5 Å². The van der Waals surface area contributed by atoms with E-state index >= 15 is 0 Å². The minimum absolute atomic E-state index is 0.242. The molecule has 0 unspecified atom stereocenters. The molecule has 0 amide bonds. The van der Waals surface area contributed by atoms with Crippen molar-refractivity contribution in [3.8, 4) is 0 Å². The molecule has 0 radical (unpaired) electrons. The number of hydrogen-bond acceptors (Lipinski definition) is 1. The average Bonchev–Trinajstić information content (AvgIpc) is 2.76. The van der Waals surface area contributed by atoms with Crippen LogP contribution in [0.2, 0.25) is 0 Å². The summed E-state index contributed by atoms with van der Waals surface area (Å²) in [5.41, 5.74) is 4.95. The molecular weight excluding hydrogens is 317 g/mol. The Morgan fingerprint density at radius 2 is 1.80 bits per heavy atom. The summed E-state index contributed by atoms with van der Waals surface area (Å²) in [6.07, 6.45) is 5.59. The maximum absolute atomic E-state index is 13.2. The molecule has 0 saturated heterocycles. The van der Waals surface area contributed by atoms with Crippen LogP contribution in [0.3, 0.4) is 0 Å². The van der Waals surface area contributed by atoms with Gasteiger partial charge in [0.05, 0.1) is 5.56 Å². The second kappa shape index (κ2) is 6.36. The highest BCUT2D eigenvalue weighted by molar-refractivity contribution is 5.95. The van der Waals surface area contributed by atoms with Gasteiger partial charge < -0.3 is 9.67 Å². The van der Waals surface area contributed by atoms with Crippen molar-refractivity contribution in [3.05, 3.63) is 70.7 Å². The summed E-state index contributed by atoms with van der Waals surface area (Å²) >= 11 is 0. The second-order valence-corrected chi connectivity index (χ2v) is 6.74. The average molecular weight is 337 g/mol. The van der Waals surface area contributed by atoms with E-state index in [9.17, 15) is 14.3 Å². The topological polar surface area (TPSA) is 42.2 Å². The highest BCUT2D eigenvalue weighted by Gasteiger charge is 2.20. The number of benzene rings is 2. The third kappa shape index (κ3) is 2.93. The van der Waals surface area contributed by atoms with Crippen molar-refractivity contribution < 1.29 is 14.3 Å². The number of carbonyl (C=O) groups is 1. The van der Waals surface area contributed by atoms with Gasteiger partial charge in [-0.05, 0) is 61.1 Å². The van der Waals surface area contributed by atoms with E-state index in [0.29, 0.717) is 12.1 Å². The van der Waals surface area contributed by atoms with E-state index in [1.165, 1.54) is 36.2 Å². The number of carboxylic acids is 1. The molecule has 0 bridgehead atoms. The van der Waals surface area contributed by atoms with E-state index in [1.54, 1.807) is 24.3 Å². The van der Waals surface area contributed by atoms with Crippen LogP contribution in [0.4, 0.5) is 4.39 Å². The van der Waals surface area contributed by atoms with Crippen LogP contribution in [0, 0.1) is 5.82 Å². The molecule has 3 nitrogen and oxygen atoms in total. The molecule has 1 aliphatic carbocycles. The second-order valence-electron chi connectivity index (χ2n) is 6.74. The predicted octanol–water partition coefficient (Wildman–Crippen LogP) is 4.80. The number of hydrogen-bond donors (Lipinski definition) is 1. The normalized spacial score (nSPS) is 14.3. The Hall–Kier alpha value is -2.62. The van der Waals surface area contributed by atoms with Crippen molar-refractivity contribution in [2.24, 2.45) is 0 Å². The minimum atomic E-state index is -0.911. The monoisotopic (exact) mass is 337 g/mol. The van der Waals surface area contributed by atoms with Crippen LogP contribution in [0.25, 0.3) is 10.9 Å². The SMILES string of the molecule is O=C(O)c1ccc2c3c(n(Cc4ccc(F)cc4)c2c1)CCCCC3. The number of aromatic carboxylic acids is 1. The smallest absolute Gasteiger partial charge is 0.335 e. The first-order valence-corrected chi connectivity index (χ1v) is 8.75. The van der Waals surface area contributed by atoms with Gasteiger partial charge >= 0.3 is 5.97 Å². The summed E-state index contributed by atoms with van der Waals surface area (Å²) in [6.45, 7) is 0.634. The third-order valence-corrected chi connectivity index (χ3v) is 5.13. The zero-order chi connectivity index (χ0) is 17.4. The van der Waals surface area contributed by atoms with Crippen LogP contribution in [-0.4, -0.2) is 15.6 Å². The Labute approximate surface area is 145 Å². The van der Waals surface area contributed by atoms with Crippen LogP contribution in [0.1, 0.15) is 46.4 Å². The zero-order valence-corrected chi connectivity index (χ0v) is 14.0. The van der Waals surface area contributed by atoms with Crippen molar-refractivity contribution in [1.82, 2.24) is 4.57 Å². The fourth-order valence-corrected chi connectivity index (χ4v) is 3.90. The number of aromatic nitrogens is 1. The minimum Gasteiger partial charge on any atom is -0.478 e. The van der Waals surface area contributed by atoms with Gasteiger partial charge in [-0.1, -0.05) is 24.6 Å². The number of rotatable bonds is 3. The summed E-state index contributed by atoms with van der Waals surface area (Å²) in [6, 6.07) is 12.0. The lowest BCUT2D eigenvalue weighted by Gasteiger charge is -2.11. The Morgan fingerprint density at radius 3 is 2.56 bits per heavy atom. The molecule has 2 aromatic carbocycles. The van der Waals surface area contributed by atoms with Gasteiger partial charge in [-0.3, -0.25) is 0 Å². The zero-order valence-electron chi connectivity index (χ0n) is 14.0. The lowest BCUT2D eigenvalue weighted by atomic mass is 10.1. The number of fused-ring (bicyclic) bond motifs is 3. The standard InChI is InChI=1S/C21H20FNO2/c22-16-9-6-14(7-10-16)13-23-19-5-3-1-2-4-17(19)18-11-8-15(21(24)25)12-20(18)23/h6-12H,1-5,13H2,(H,24,25). The van der Waals surface area contributed by atoms with Gasteiger partial charge in [0, 0.05) is 23.1 Å². The molecule has 3 aromatic rings. The lowest BCUT2D eigenvalue weighted by molar-refractivity contribution is 0.0697. The Bertz CT molecular complexity index is 941. The summed E-state index contributed by atoms with van der Waals surface area (Å²) in [7, 11) is 0. The lowest BCUT2D eigenvalue weighted by Crippen LogP contribution is -2.06. The van der Waals surface area contributed by atoms with E-state index in [-0.39, 0.29) is 5.82 Å². The molecule has 1 N–H and O–H groups in total. The third-order valence-electron chi connectivity index (χ3n) is 5.13. The quantitative estimate of drug-likeness (QED) is 0.698. The Kier molecular flexibility index (Phi) is 4.04. The van der Waals surface area contributed by atoms with E-state index in [2.05, 4.69) is 4.57 Å². The summed E-state index contributed by atoms with van der Waals surface area (Å²) < 4.78 is 15.4. The van der Waals surface area contributed by atoms with E-state index < -0.39 is 5.97 Å². The van der Waals surface area contributed by atoms with Crippen molar-refractivity contribution in [1.29, 1.82) is 0 Å². The number of halogens is 1. The van der Waals surface area contributed by atoms with Crippen LogP contribution in [0.5, 0.6) is 0 Å². The van der Waals surface area contributed by atoms with E-state index in [4.69, 9.17) is 0 Å². The maximum Gasteiger partial charge on any atom is 0.335 e. The fraction of sp³-hybridized carbons (Fsp3) is 0.286.